The Morgan fingerprint density at radius 3 is 2.84 bits per heavy atom. The second-order valence-electron chi connectivity index (χ2n) is 6.42. The minimum Gasteiger partial charge on any atom is -0.495 e. The van der Waals surface area contributed by atoms with Crippen molar-refractivity contribution < 1.29 is 28.5 Å². The number of aromatic nitrogens is 1. The molecule has 0 spiro atoms. The molecule has 0 saturated carbocycles. The predicted octanol–water partition coefficient (Wildman–Crippen LogP) is 4.58. The standard InChI is InChI=1S/C21H17ClN2O6S/c1-12(25)24(16-5-3-4-6-17(16)27-2)21-23-14(10-31-21)9-28-20(26)13-7-15(22)19-18(8-13)29-11-30-19/h3-8,10H,9,11H2,1-2H3. The molecule has 10 heteroatoms. The number of thiazole rings is 1. The first-order chi connectivity index (χ1) is 15.0. The van der Waals surface area contributed by atoms with Crippen LogP contribution >= 0.6 is 22.9 Å². The number of fused-ring (bicyclic) bond motifs is 1. The van der Waals surface area contributed by atoms with Crippen molar-refractivity contribution in [2.75, 3.05) is 18.8 Å². The number of halogens is 1. The number of ether oxygens (including phenoxy) is 4. The zero-order valence-electron chi connectivity index (χ0n) is 16.6. The number of carbonyl (C=O) groups is 2. The number of rotatable bonds is 6. The highest BCUT2D eigenvalue weighted by molar-refractivity contribution is 7.14. The van der Waals surface area contributed by atoms with Gasteiger partial charge in [0.2, 0.25) is 12.7 Å². The van der Waals surface area contributed by atoms with Crippen LogP contribution in [0.25, 0.3) is 0 Å². The topological polar surface area (TPSA) is 87.2 Å². The molecule has 8 nitrogen and oxygen atoms in total. The van der Waals surface area contributed by atoms with Gasteiger partial charge in [0, 0.05) is 12.3 Å². The summed E-state index contributed by atoms with van der Waals surface area (Å²) >= 11 is 7.37. The second kappa shape index (κ2) is 8.83. The SMILES string of the molecule is COc1ccccc1N(C(C)=O)c1nc(COC(=O)c2cc(Cl)c3c(c2)OCO3)cs1. The summed E-state index contributed by atoms with van der Waals surface area (Å²) in [6.07, 6.45) is 0. The predicted molar refractivity (Wildman–Crippen MR) is 115 cm³/mol. The highest BCUT2D eigenvalue weighted by Gasteiger charge is 2.23. The van der Waals surface area contributed by atoms with E-state index in [0.717, 1.165) is 0 Å². The summed E-state index contributed by atoms with van der Waals surface area (Å²) in [5.41, 5.74) is 1.32. The van der Waals surface area contributed by atoms with Crippen LogP contribution in [-0.4, -0.2) is 30.8 Å². The maximum atomic E-state index is 12.4. The van der Waals surface area contributed by atoms with Crippen molar-refractivity contribution in [1.82, 2.24) is 4.98 Å². The number of carbonyl (C=O) groups excluding carboxylic acids is 2. The molecule has 0 atom stereocenters. The van der Waals surface area contributed by atoms with Gasteiger partial charge in [0.15, 0.2) is 16.6 Å². The third kappa shape index (κ3) is 4.28. The van der Waals surface area contributed by atoms with Gasteiger partial charge in [0.25, 0.3) is 0 Å². The van der Waals surface area contributed by atoms with Gasteiger partial charge in [-0.05, 0) is 24.3 Å². The minimum absolute atomic E-state index is 0.0496. The van der Waals surface area contributed by atoms with Gasteiger partial charge in [-0.15, -0.1) is 11.3 Å². The number of hydrogen-bond donors (Lipinski definition) is 0. The molecular weight excluding hydrogens is 444 g/mol. The first-order valence-electron chi connectivity index (χ1n) is 9.12. The highest BCUT2D eigenvalue weighted by Crippen LogP contribution is 2.40. The summed E-state index contributed by atoms with van der Waals surface area (Å²) in [4.78, 5) is 30.7. The molecule has 0 radical (unpaired) electrons. The van der Waals surface area contributed by atoms with E-state index in [-0.39, 0.29) is 29.9 Å². The first-order valence-corrected chi connectivity index (χ1v) is 10.4. The Bertz CT molecular complexity index is 1150. The lowest BCUT2D eigenvalue weighted by atomic mass is 10.2. The van der Waals surface area contributed by atoms with Crippen LogP contribution in [0.4, 0.5) is 10.8 Å². The lowest BCUT2D eigenvalue weighted by Crippen LogP contribution is -2.23. The molecule has 0 fully saturated rings. The molecule has 160 valence electrons. The molecule has 0 N–H and O–H groups in total. The Morgan fingerprint density at radius 1 is 1.26 bits per heavy atom. The molecule has 31 heavy (non-hydrogen) atoms. The average molecular weight is 461 g/mol. The zero-order valence-corrected chi connectivity index (χ0v) is 18.2. The molecule has 1 aromatic heterocycles. The summed E-state index contributed by atoms with van der Waals surface area (Å²) in [6.45, 7) is 1.42. The van der Waals surface area contributed by atoms with Crippen molar-refractivity contribution in [3.05, 3.63) is 58.1 Å². The van der Waals surface area contributed by atoms with Crippen LogP contribution in [0.5, 0.6) is 17.2 Å². The van der Waals surface area contributed by atoms with Crippen molar-refractivity contribution in [2.45, 2.75) is 13.5 Å². The van der Waals surface area contributed by atoms with Gasteiger partial charge in [0.1, 0.15) is 12.4 Å². The molecule has 0 bridgehead atoms. The smallest absolute Gasteiger partial charge is 0.338 e. The zero-order chi connectivity index (χ0) is 22.0. The minimum atomic E-state index is -0.581. The maximum absolute atomic E-state index is 12.4. The van der Waals surface area contributed by atoms with Crippen LogP contribution in [0.3, 0.4) is 0 Å². The Labute approximate surface area is 186 Å². The van der Waals surface area contributed by atoms with Crippen molar-refractivity contribution >= 4 is 45.6 Å². The van der Waals surface area contributed by atoms with Crippen LogP contribution in [0, 0.1) is 0 Å². The normalized spacial score (nSPS) is 11.8. The first kappa shape index (κ1) is 21.0. The molecule has 2 heterocycles. The quantitative estimate of drug-likeness (QED) is 0.498. The molecular formula is C21H17ClN2O6S. The van der Waals surface area contributed by atoms with Crippen LogP contribution in [0.1, 0.15) is 23.0 Å². The number of benzene rings is 2. The Hall–Kier alpha value is -3.30. The fraction of sp³-hybridized carbons (Fsp3) is 0.190. The number of hydrogen-bond acceptors (Lipinski definition) is 8. The van der Waals surface area contributed by atoms with E-state index < -0.39 is 5.97 Å². The number of esters is 1. The molecule has 2 aromatic carbocycles. The van der Waals surface area contributed by atoms with Gasteiger partial charge in [-0.3, -0.25) is 9.69 Å². The monoisotopic (exact) mass is 460 g/mol. The largest absolute Gasteiger partial charge is 0.495 e. The number of amides is 1. The van der Waals surface area contributed by atoms with E-state index in [1.165, 1.54) is 42.4 Å². The lowest BCUT2D eigenvalue weighted by molar-refractivity contribution is -0.115. The van der Waals surface area contributed by atoms with Gasteiger partial charge < -0.3 is 18.9 Å². The third-order valence-corrected chi connectivity index (χ3v) is 5.54. The van der Waals surface area contributed by atoms with Crippen LogP contribution in [0.15, 0.2) is 41.8 Å². The second-order valence-corrected chi connectivity index (χ2v) is 7.66. The van der Waals surface area contributed by atoms with Crippen molar-refractivity contribution in [3.63, 3.8) is 0 Å². The summed E-state index contributed by atoms with van der Waals surface area (Å²) < 4.78 is 21.2. The molecule has 1 aliphatic rings. The molecule has 1 amide bonds. The van der Waals surface area contributed by atoms with Gasteiger partial charge in [-0.25, -0.2) is 9.78 Å². The third-order valence-electron chi connectivity index (χ3n) is 4.39. The average Bonchev–Trinajstić information content (AvgIpc) is 3.42. The van der Waals surface area contributed by atoms with E-state index in [1.807, 2.05) is 6.07 Å². The molecule has 3 aromatic rings. The number of methoxy groups -OCH3 is 1. The summed E-state index contributed by atoms with van der Waals surface area (Å²) in [5.74, 6) is 0.535. The van der Waals surface area contributed by atoms with E-state index in [9.17, 15) is 9.59 Å². The van der Waals surface area contributed by atoms with Crippen molar-refractivity contribution in [2.24, 2.45) is 0 Å². The summed E-state index contributed by atoms with van der Waals surface area (Å²) in [7, 11) is 1.53. The summed E-state index contributed by atoms with van der Waals surface area (Å²) in [5, 5.41) is 2.43. The number of anilines is 2. The van der Waals surface area contributed by atoms with Crippen molar-refractivity contribution in [1.29, 1.82) is 0 Å². The maximum Gasteiger partial charge on any atom is 0.338 e. The number of nitrogens with zero attached hydrogens (tertiary/aromatic N) is 2. The van der Waals surface area contributed by atoms with E-state index in [2.05, 4.69) is 4.98 Å². The highest BCUT2D eigenvalue weighted by atomic mass is 35.5. The Morgan fingerprint density at radius 2 is 2.06 bits per heavy atom. The molecule has 4 rings (SSSR count). The molecule has 0 aliphatic carbocycles. The fourth-order valence-corrected chi connectivity index (χ4v) is 4.12. The van der Waals surface area contributed by atoms with Crippen LogP contribution < -0.4 is 19.1 Å². The Balaban J connectivity index is 1.49. The Kier molecular flexibility index (Phi) is 5.97. The van der Waals surface area contributed by atoms with Gasteiger partial charge in [0.05, 0.1) is 29.1 Å². The van der Waals surface area contributed by atoms with Gasteiger partial charge in [-0.2, -0.15) is 0 Å². The van der Waals surface area contributed by atoms with E-state index in [4.69, 9.17) is 30.5 Å². The van der Waals surface area contributed by atoms with E-state index in [0.29, 0.717) is 33.8 Å². The van der Waals surface area contributed by atoms with Gasteiger partial charge in [-0.1, -0.05) is 23.7 Å². The molecule has 0 unspecified atom stereocenters. The summed E-state index contributed by atoms with van der Waals surface area (Å²) in [6, 6.07) is 10.1. The van der Waals surface area contributed by atoms with Crippen molar-refractivity contribution in [3.8, 4) is 17.2 Å². The fourth-order valence-electron chi connectivity index (χ4n) is 3.00. The van der Waals surface area contributed by atoms with Gasteiger partial charge >= 0.3 is 5.97 Å². The van der Waals surface area contributed by atoms with E-state index >= 15 is 0 Å². The molecule has 1 aliphatic heterocycles. The van der Waals surface area contributed by atoms with Crippen LogP contribution in [0.2, 0.25) is 5.02 Å². The van der Waals surface area contributed by atoms with Crippen LogP contribution in [-0.2, 0) is 16.1 Å². The lowest BCUT2D eigenvalue weighted by Gasteiger charge is -2.20. The molecule has 0 saturated heterocycles. The van der Waals surface area contributed by atoms with E-state index in [1.54, 1.807) is 23.6 Å². The number of para-hydroxylation sites is 2.